The Hall–Kier alpha value is -4.40. The third kappa shape index (κ3) is 6.06. The van der Waals surface area contributed by atoms with Crippen LogP contribution in [0.2, 0.25) is 0 Å². The van der Waals surface area contributed by atoms with Crippen molar-refractivity contribution in [2.45, 2.75) is 0 Å². The van der Waals surface area contributed by atoms with Crippen molar-refractivity contribution in [3.05, 3.63) is 88.7 Å². The SMILES string of the molecule is O=C(COC(=O)/C=C/c1ccc([N+](=O)[O-])o1)Nc1ccc(Oc2ccccc2)cc1. The molecule has 0 radical (unpaired) electrons. The lowest BCUT2D eigenvalue weighted by atomic mass is 10.3. The van der Waals surface area contributed by atoms with Gasteiger partial charge in [0.2, 0.25) is 0 Å². The zero-order valence-corrected chi connectivity index (χ0v) is 15.5. The first-order valence-electron chi connectivity index (χ1n) is 8.71. The lowest BCUT2D eigenvalue weighted by Gasteiger charge is -2.08. The van der Waals surface area contributed by atoms with E-state index in [-0.39, 0.29) is 5.76 Å². The standard InChI is InChI=1S/C21H16N2O7/c24-19(14-28-21(25)13-11-18-10-12-20(30-18)23(26)27)22-15-6-8-17(9-7-15)29-16-4-2-1-3-5-16/h1-13H,14H2,(H,22,24)/b13-11+. The highest BCUT2D eigenvalue weighted by molar-refractivity contribution is 5.94. The highest BCUT2D eigenvalue weighted by Crippen LogP contribution is 2.22. The first-order valence-corrected chi connectivity index (χ1v) is 8.71. The van der Waals surface area contributed by atoms with Gasteiger partial charge < -0.3 is 19.2 Å². The van der Waals surface area contributed by atoms with Crippen LogP contribution in [-0.4, -0.2) is 23.4 Å². The number of amides is 1. The number of ether oxygens (including phenoxy) is 2. The van der Waals surface area contributed by atoms with Crippen LogP contribution in [0.1, 0.15) is 5.76 Å². The number of hydrogen-bond acceptors (Lipinski definition) is 7. The Balaban J connectivity index is 1.44. The van der Waals surface area contributed by atoms with Crippen molar-refractivity contribution in [2.24, 2.45) is 0 Å². The van der Waals surface area contributed by atoms with Crippen LogP contribution in [0, 0.1) is 10.1 Å². The predicted octanol–water partition coefficient (Wildman–Crippen LogP) is 4.18. The predicted molar refractivity (Wildman–Crippen MR) is 107 cm³/mol. The van der Waals surface area contributed by atoms with Gasteiger partial charge in [-0.05, 0) is 48.5 Å². The molecule has 0 saturated heterocycles. The Morgan fingerprint density at radius 1 is 1.00 bits per heavy atom. The van der Waals surface area contributed by atoms with Gasteiger partial charge in [0.25, 0.3) is 5.91 Å². The Kier molecular flexibility index (Phi) is 6.57. The molecule has 3 aromatic rings. The summed E-state index contributed by atoms with van der Waals surface area (Å²) in [5.41, 5.74) is 0.509. The van der Waals surface area contributed by atoms with Gasteiger partial charge in [0.05, 0.1) is 6.07 Å². The van der Waals surface area contributed by atoms with Crippen LogP contribution in [-0.2, 0) is 14.3 Å². The average Bonchev–Trinajstić information content (AvgIpc) is 3.22. The van der Waals surface area contributed by atoms with E-state index in [1.165, 1.54) is 12.1 Å². The van der Waals surface area contributed by atoms with Crippen molar-refractivity contribution >= 4 is 29.5 Å². The molecule has 1 aromatic heterocycles. The molecule has 0 spiro atoms. The third-order valence-electron chi connectivity index (χ3n) is 3.64. The summed E-state index contributed by atoms with van der Waals surface area (Å²) >= 11 is 0. The largest absolute Gasteiger partial charge is 0.457 e. The number of esters is 1. The minimum atomic E-state index is -0.796. The summed E-state index contributed by atoms with van der Waals surface area (Å²) in [6, 6.07) is 18.4. The summed E-state index contributed by atoms with van der Waals surface area (Å²) < 4.78 is 15.3. The molecule has 0 atom stereocenters. The van der Waals surface area contributed by atoms with Gasteiger partial charge >= 0.3 is 11.9 Å². The maximum absolute atomic E-state index is 11.9. The third-order valence-corrected chi connectivity index (χ3v) is 3.64. The molecule has 0 aliphatic rings. The summed E-state index contributed by atoms with van der Waals surface area (Å²) in [6.07, 6.45) is 2.21. The van der Waals surface area contributed by atoms with Gasteiger partial charge in [-0.15, -0.1) is 0 Å². The van der Waals surface area contributed by atoms with E-state index in [0.29, 0.717) is 17.2 Å². The molecule has 1 heterocycles. The number of furan rings is 1. The van der Waals surface area contributed by atoms with Crippen LogP contribution < -0.4 is 10.1 Å². The Labute approximate surface area is 170 Å². The number of rotatable bonds is 8. The van der Waals surface area contributed by atoms with Gasteiger partial charge in [0, 0.05) is 11.8 Å². The van der Waals surface area contributed by atoms with E-state index >= 15 is 0 Å². The number of nitrogens with one attached hydrogen (secondary N) is 1. The second kappa shape index (κ2) is 9.69. The van der Waals surface area contributed by atoms with Gasteiger partial charge in [-0.1, -0.05) is 18.2 Å². The van der Waals surface area contributed by atoms with Gasteiger partial charge in [0.15, 0.2) is 6.61 Å². The molecule has 0 unspecified atom stereocenters. The number of para-hydroxylation sites is 1. The number of benzene rings is 2. The molecule has 0 aliphatic carbocycles. The van der Waals surface area contributed by atoms with Crippen molar-refractivity contribution in [1.82, 2.24) is 0 Å². The minimum absolute atomic E-state index is 0.112. The fraction of sp³-hybridized carbons (Fsp3) is 0.0476. The number of carbonyl (C=O) groups excluding carboxylic acids is 2. The number of nitrogens with zero attached hydrogens (tertiary/aromatic N) is 1. The summed E-state index contributed by atoms with van der Waals surface area (Å²) in [6.45, 7) is -0.496. The highest BCUT2D eigenvalue weighted by atomic mass is 16.6. The molecule has 9 nitrogen and oxygen atoms in total. The van der Waals surface area contributed by atoms with Gasteiger partial charge in [0.1, 0.15) is 22.2 Å². The lowest BCUT2D eigenvalue weighted by Crippen LogP contribution is -2.20. The number of hydrogen-bond donors (Lipinski definition) is 1. The van der Waals surface area contributed by atoms with Crippen LogP contribution in [0.3, 0.4) is 0 Å². The summed E-state index contributed by atoms with van der Waals surface area (Å²) in [7, 11) is 0. The van der Waals surface area contributed by atoms with Crippen LogP contribution in [0.25, 0.3) is 6.08 Å². The molecule has 1 N–H and O–H groups in total. The van der Waals surface area contributed by atoms with Crippen LogP contribution >= 0.6 is 0 Å². The number of nitro groups is 1. The van der Waals surface area contributed by atoms with Crippen LogP contribution in [0.4, 0.5) is 11.6 Å². The number of carbonyl (C=O) groups is 2. The quantitative estimate of drug-likeness (QED) is 0.257. The normalized spacial score (nSPS) is 10.5. The van der Waals surface area contributed by atoms with E-state index < -0.39 is 29.3 Å². The summed E-state index contributed by atoms with van der Waals surface area (Å²) in [5.74, 6) is -0.353. The van der Waals surface area contributed by atoms with Gasteiger partial charge in [-0.3, -0.25) is 14.9 Å². The van der Waals surface area contributed by atoms with Gasteiger partial charge in [-0.25, -0.2) is 4.79 Å². The van der Waals surface area contributed by atoms with Crippen LogP contribution in [0.15, 0.2) is 77.2 Å². The fourth-order valence-corrected chi connectivity index (χ4v) is 2.29. The fourth-order valence-electron chi connectivity index (χ4n) is 2.29. The Morgan fingerprint density at radius 3 is 2.37 bits per heavy atom. The zero-order valence-electron chi connectivity index (χ0n) is 15.5. The molecular weight excluding hydrogens is 392 g/mol. The molecule has 1 amide bonds. The van der Waals surface area contributed by atoms with Crippen molar-refractivity contribution in [2.75, 3.05) is 11.9 Å². The molecular formula is C21H16N2O7. The minimum Gasteiger partial charge on any atom is -0.457 e. The van der Waals surface area contributed by atoms with E-state index in [4.69, 9.17) is 13.9 Å². The number of anilines is 1. The molecule has 152 valence electrons. The lowest BCUT2D eigenvalue weighted by molar-refractivity contribution is -0.402. The van der Waals surface area contributed by atoms with Crippen LogP contribution in [0.5, 0.6) is 11.5 Å². The molecule has 30 heavy (non-hydrogen) atoms. The Morgan fingerprint density at radius 2 is 1.70 bits per heavy atom. The Bertz CT molecular complexity index is 1060. The first-order chi connectivity index (χ1) is 14.5. The topological polar surface area (TPSA) is 121 Å². The van der Waals surface area contributed by atoms with Crippen molar-refractivity contribution in [3.8, 4) is 11.5 Å². The summed E-state index contributed by atoms with van der Waals surface area (Å²) in [4.78, 5) is 33.4. The maximum atomic E-state index is 11.9. The van der Waals surface area contributed by atoms with E-state index in [9.17, 15) is 19.7 Å². The highest BCUT2D eigenvalue weighted by Gasteiger charge is 2.11. The summed E-state index contributed by atoms with van der Waals surface area (Å²) in [5, 5.41) is 13.1. The van der Waals surface area contributed by atoms with Crippen molar-refractivity contribution in [3.63, 3.8) is 0 Å². The second-order valence-electron chi connectivity index (χ2n) is 5.86. The van der Waals surface area contributed by atoms with Gasteiger partial charge in [-0.2, -0.15) is 0 Å². The smallest absolute Gasteiger partial charge is 0.433 e. The molecule has 2 aromatic carbocycles. The average molecular weight is 408 g/mol. The molecule has 0 bridgehead atoms. The molecule has 9 heteroatoms. The zero-order chi connectivity index (χ0) is 21.3. The van der Waals surface area contributed by atoms with E-state index in [1.807, 2.05) is 30.3 Å². The monoisotopic (exact) mass is 408 g/mol. The van der Waals surface area contributed by atoms with E-state index in [2.05, 4.69) is 5.32 Å². The first kappa shape index (κ1) is 20.3. The van der Waals surface area contributed by atoms with Crippen molar-refractivity contribution < 1.29 is 28.4 Å². The molecule has 0 saturated carbocycles. The van der Waals surface area contributed by atoms with E-state index in [0.717, 1.165) is 12.1 Å². The van der Waals surface area contributed by atoms with Crippen molar-refractivity contribution in [1.29, 1.82) is 0 Å². The molecule has 3 rings (SSSR count). The molecule has 0 fully saturated rings. The maximum Gasteiger partial charge on any atom is 0.433 e. The molecule has 0 aliphatic heterocycles. The second-order valence-corrected chi connectivity index (χ2v) is 5.86. The van der Waals surface area contributed by atoms with E-state index in [1.54, 1.807) is 24.3 Å².